The van der Waals surface area contributed by atoms with E-state index in [1.807, 2.05) is 6.92 Å². The van der Waals surface area contributed by atoms with Gasteiger partial charge in [-0.2, -0.15) is 0 Å². The van der Waals surface area contributed by atoms with Crippen LogP contribution in [0.4, 0.5) is 8.78 Å². The number of likely N-dealkylation sites (tertiary alicyclic amines) is 1. The summed E-state index contributed by atoms with van der Waals surface area (Å²) >= 11 is 3.03. The molecule has 116 valence electrons. The molecule has 1 saturated heterocycles. The zero-order chi connectivity index (χ0) is 15.6. The highest BCUT2D eigenvalue weighted by atomic mass is 79.9. The van der Waals surface area contributed by atoms with Crippen LogP contribution in [0, 0.1) is 17.6 Å². The Labute approximate surface area is 131 Å². The third-order valence-electron chi connectivity index (χ3n) is 4.18. The molecular formula is C15H18BrF2NO2. The smallest absolute Gasteiger partial charge is 0.320 e. The largest absolute Gasteiger partial charge is 0.480 e. The summed E-state index contributed by atoms with van der Waals surface area (Å²) in [6, 6.07) is 1.82. The summed E-state index contributed by atoms with van der Waals surface area (Å²) in [5.74, 6) is -1.86. The molecule has 2 rings (SSSR count). The second kappa shape index (κ2) is 6.83. The summed E-state index contributed by atoms with van der Waals surface area (Å²) in [4.78, 5) is 13.1. The molecular weight excluding hydrogens is 344 g/mol. The normalized spacial score (nSPS) is 23.2. The van der Waals surface area contributed by atoms with Gasteiger partial charge in [-0.25, -0.2) is 8.78 Å². The average Bonchev–Trinajstić information content (AvgIpc) is 2.47. The van der Waals surface area contributed by atoms with Crippen molar-refractivity contribution < 1.29 is 18.7 Å². The molecule has 0 amide bonds. The lowest BCUT2D eigenvalue weighted by atomic mass is 9.88. The Kier molecular flexibility index (Phi) is 5.32. The monoisotopic (exact) mass is 361 g/mol. The summed E-state index contributed by atoms with van der Waals surface area (Å²) < 4.78 is 28.0. The third kappa shape index (κ3) is 3.61. The number of piperidine rings is 1. The first-order valence-corrected chi connectivity index (χ1v) is 7.82. The van der Waals surface area contributed by atoms with Gasteiger partial charge >= 0.3 is 5.97 Å². The fraction of sp³-hybridized carbons (Fsp3) is 0.533. The van der Waals surface area contributed by atoms with Gasteiger partial charge in [-0.15, -0.1) is 0 Å². The van der Waals surface area contributed by atoms with E-state index in [1.165, 1.54) is 12.1 Å². The molecule has 0 bridgehead atoms. The lowest BCUT2D eigenvalue weighted by Gasteiger charge is -2.37. The van der Waals surface area contributed by atoms with Crippen molar-refractivity contribution in [3.8, 4) is 0 Å². The first-order valence-electron chi connectivity index (χ1n) is 7.03. The second-order valence-corrected chi connectivity index (χ2v) is 6.30. The fourth-order valence-corrected chi connectivity index (χ4v) is 3.19. The Morgan fingerprint density at radius 3 is 2.81 bits per heavy atom. The van der Waals surface area contributed by atoms with Crippen molar-refractivity contribution in [3.63, 3.8) is 0 Å². The van der Waals surface area contributed by atoms with Crippen LogP contribution in [0.3, 0.4) is 0 Å². The van der Waals surface area contributed by atoms with Gasteiger partial charge in [0.15, 0.2) is 0 Å². The highest BCUT2D eigenvalue weighted by Gasteiger charge is 2.33. The van der Waals surface area contributed by atoms with Gasteiger partial charge in [0.25, 0.3) is 0 Å². The van der Waals surface area contributed by atoms with Crippen LogP contribution in [0.5, 0.6) is 0 Å². The number of nitrogens with zero attached hydrogens (tertiary/aromatic N) is 1. The van der Waals surface area contributed by atoms with Crippen molar-refractivity contribution in [2.24, 2.45) is 5.92 Å². The van der Waals surface area contributed by atoms with Gasteiger partial charge in [-0.05, 0) is 53.4 Å². The first kappa shape index (κ1) is 16.4. The van der Waals surface area contributed by atoms with Gasteiger partial charge in [0, 0.05) is 12.1 Å². The highest BCUT2D eigenvalue weighted by Crippen LogP contribution is 2.29. The maximum atomic E-state index is 14.0. The van der Waals surface area contributed by atoms with Crippen molar-refractivity contribution >= 4 is 21.9 Å². The maximum Gasteiger partial charge on any atom is 0.320 e. The Bertz CT molecular complexity index is 539. The average molecular weight is 362 g/mol. The number of carbonyl (C=O) groups is 1. The van der Waals surface area contributed by atoms with Crippen LogP contribution in [0.1, 0.15) is 31.7 Å². The van der Waals surface area contributed by atoms with Crippen molar-refractivity contribution in [1.82, 2.24) is 4.90 Å². The van der Waals surface area contributed by atoms with Crippen LogP contribution in [0.15, 0.2) is 16.6 Å². The van der Waals surface area contributed by atoms with E-state index in [4.69, 9.17) is 0 Å². The maximum absolute atomic E-state index is 14.0. The molecule has 3 nitrogen and oxygen atoms in total. The van der Waals surface area contributed by atoms with Gasteiger partial charge in [0.1, 0.15) is 17.7 Å². The van der Waals surface area contributed by atoms with Crippen LogP contribution in [-0.4, -0.2) is 28.6 Å². The zero-order valence-corrected chi connectivity index (χ0v) is 13.4. The molecule has 0 aromatic heterocycles. The predicted octanol–water partition coefficient (Wildman–Crippen LogP) is 3.80. The molecule has 21 heavy (non-hydrogen) atoms. The molecule has 1 aromatic rings. The van der Waals surface area contributed by atoms with E-state index in [2.05, 4.69) is 15.9 Å². The van der Waals surface area contributed by atoms with Gasteiger partial charge in [0.2, 0.25) is 0 Å². The van der Waals surface area contributed by atoms with Gasteiger partial charge in [-0.3, -0.25) is 9.69 Å². The second-order valence-electron chi connectivity index (χ2n) is 5.44. The summed E-state index contributed by atoms with van der Waals surface area (Å²) in [5.41, 5.74) is -0.0782. The van der Waals surface area contributed by atoms with E-state index in [0.717, 1.165) is 12.8 Å². The molecule has 1 fully saturated rings. The SMILES string of the molecule is CCC1CCN(Cc2c(F)ccc(Br)c2F)C(C(=O)O)C1. The lowest BCUT2D eigenvalue weighted by molar-refractivity contribution is -0.145. The van der Waals surface area contributed by atoms with E-state index in [-0.39, 0.29) is 16.6 Å². The Morgan fingerprint density at radius 2 is 2.19 bits per heavy atom. The van der Waals surface area contributed by atoms with Crippen LogP contribution in [0.25, 0.3) is 0 Å². The van der Waals surface area contributed by atoms with Gasteiger partial charge in [0.05, 0.1) is 4.47 Å². The number of hydrogen-bond acceptors (Lipinski definition) is 2. The molecule has 0 saturated carbocycles. The molecule has 2 atom stereocenters. The standard InChI is InChI=1S/C15H18BrF2NO2/c1-2-9-5-6-19(13(7-9)15(20)21)8-10-12(17)4-3-11(16)14(10)18/h3-4,9,13H,2,5-8H2,1H3,(H,20,21). The quantitative estimate of drug-likeness (QED) is 0.829. The van der Waals surface area contributed by atoms with E-state index in [0.29, 0.717) is 18.9 Å². The number of carboxylic acids is 1. The number of halogens is 3. The minimum absolute atomic E-state index is 0.0233. The molecule has 1 aliphatic rings. The molecule has 1 aromatic carbocycles. The molecule has 1 heterocycles. The molecule has 1 aliphatic heterocycles. The minimum atomic E-state index is -0.927. The number of rotatable bonds is 4. The lowest BCUT2D eigenvalue weighted by Crippen LogP contribution is -2.46. The molecule has 1 N–H and O–H groups in total. The molecule has 0 radical (unpaired) electrons. The van der Waals surface area contributed by atoms with Crippen molar-refractivity contribution in [1.29, 1.82) is 0 Å². The summed E-state index contributed by atoms with van der Waals surface area (Å²) in [6.07, 6.45) is 2.32. The van der Waals surface area contributed by atoms with E-state index < -0.39 is 23.6 Å². The predicted molar refractivity (Wildman–Crippen MR) is 78.9 cm³/mol. The number of carboxylic acid groups (broad SMARTS) is 1. The van der Waals surface area contributed by atoms with Crippen LogP contribution in [0.2, 0.25) is 0 Å². The van der Waals surface area contributed by atoms with E-state index >= 15 is 0 Å². The molecule has 0 aliphatic carbocycles. The number of hydrogen-bond donors (Lipinski definition) is 1. The Balaban J connectivity index is 2.22. The fourth-order valence-electron chi connectivity index (χ4n) is 2.82. The van der Waals surface area contributed by atoms with Crippen molar-refractivity contribution in [2.75, 3.05) is 6.54 Å². The Morgan fingerprint density at radius 1 is 1.48 bits per heavy atom. The first-order chi connectivity index (χ1) is 9.93. The van der Waals surface area contributed by atoms with Gasteiger partial charge < -0.3 is 5.11 Å². The highest BCUT2D eigenvalue weighted by molar-refractivity contribution is 9.10. The molecule has 0 spiro atoms. The topological polar surface area (TPSA) is 40.5 Å². The van der Waals surface area contributed by atoms with Gasteiger partial charge in [-0.1, -0.05) is 13.3 Å². The minimum Gasteiger partial charge on any atom is -0.480 e. The van der Waals surface area contributed by atoms with Crippen LogP contribution in [-0.2, 0) is 11.3 Å². The summed E-state index contributed by atoms with van der Waals surface area (Å²) in [6.45, 7) is 2.55. The third-order valence-corrected chi connectivity index (χ3v) is 4.80. The van der Waals surface area contributed by atoms with Crippen molar-refractivity contribution in [3.05, 3.63) is 33.8 Å². The van der Waals surface area contributed by atoms with Crippen LogP contribution >= 0.6 is 15.9 Å². The van der Waals surface area contributed by atoms with E-state index in [9.17, 15) is 18.7 Å². The Hall–Kier alpha value is -1.01. The summed E-state index contributed by atoms with van der Waals surface area (Å²) in [5, 5.41) is 9.35. The van der Waals surface area contributed by atoms with E-state index in [1.54, 1.807) is 4.90 Å². The number of aliphatic carboxylic acids is 1. The van der Waals surface area contributed by atoms with Crippen LogP contribution < -0.4 is 0 Å². The van der Waals surface area contributed by atoms with Crippen molar-refractivity contribution in [2.45, 2.75) is 38.8 Å². The zero-order valence-electron chi connectivity index (χ0n) is 11.8. The molecule has 6 heteroatoms. The summed E-state index contributed by atoms with van der Waals surface area (Å²) in [7, 11) is 0. The molecule has 2 unspecified atom stereocenters. The number of benzene rings is 1.